The normalized spacial score (nSPS) is 16.6. The fraction of sp³-hybridized carbons (Fsp3) is 1.00. The first-order valence-electron chi connectivity index (χ1n) is 4.88. The molecule has 0 aliphatic carbocycles. The van der Waals surface area contributed by atoms with Crippen LogP contribution in [0.4, 0.5) is 0 Å². The average Bonchev–Trinajstić information content (AvgIpc) is 2.09. The van der Waals surface area contributed by atoms with Crippen molar-refractivity contribution < 1.29 is 18.3 Å². The van der Waals surface area contributed by atoms with E-state index in [0.717, 1.165) is 0 Å². The Morgan fingerprint density at radius 3 is 2.29 bits per heavy atom. The Kier molecular flexibility index (Phi) is 6.31. The second-order valence-corrected chi connectivity index (χ2v) is 5.65. The first-order chi connectivity index (χ1) is 6.40. The fourth-order valence-corrected chi connectivity index (χ4v) is 1.91. The number of aliphatic hydroxyl groups is 1. The Balaban J connectivity index is 3.98. The zero-order chi connectivity index (χ0) is 11.2. The van der Waals surface area contributed by atoms with Crippen molar-refractivity contribution in [3.63, 3.8) is 0 Å². The minimum Gasteiger partial charge on any atom is -0.390 e. The van der Waals surface area contributed by atoms with E-state index in [2.05, 4.69) is 0 Å². The van der Waals surface area contributed by atoms with Crippen LogP contribution >= 0.6 is 0 Å². The molecule has 0 bridgehead atoms. The summed E-state index contributed by atoms with van der Waals surface area (Å²) in [5, 5.41) is 9.61. The van der Waals surface area contributed by atoms with Gasteiger partial charge in [0, 0.05) is 12.9 Å². The predicted molar refractivity (Wildman–Crippen MR) is 56.0 cm³/mol. The molecule has 2 atom stereocenters. The maximum absolute atomic E-state index is 10.9. The highest BCUT2D eigenvalue weighted by Crippen LogP contribution is 2.08. The number of ether oxygens (including phenoxy) is 1. The SMILES string of the molecule is CCOC(CC)C(O)CCS(C)(=O)=O. The van der Waals surface area contributed by atoms with E-state index < -0.39 is 15.9 Å². The van der Waals surface area contributed by atoms with E-state index in [1.54, 1.807) is 0 Å². The second-order valence-electron chi connectivity index (χ2n) is 3.39. The van der Waals surface area contributed by atoms with Gasteiger partial charge in [0.2, 0.25) is 0 Å². The summed E-state index contributed by atoms with van der Waals surface area (Å²) in [5.74, 6) is 0.0116. The molecule has 0 heterocycles. The van der Waals surface area contributed by atoms with Crippen LogP contribution in [0.25, 0.3) is 0 Å². The van der Waals surface area contributed by atoms with Crippen LogP contribution in [0, 0.1) is 0 Å². The first kappa shape index (κ1) is 13.9. The summed E-state index contributed by atoms with van der Waals surface area (Å²) in [7, 11) is -2.99. The van der Waals surface area contributed by atoms with Crippen molar-refractivity contribution in [3.8, 4) is 0 Å². The number of hydrogen-bond donors (Lipinski definition) is 1. The number of aliphatic hydroxyl groups excluding tert-OH is 1. The topological polar surface area (TPSA) is 63.6 Å². The Bertz CT molecular complexity index is 235. The van der Waals surface area contributed by atoms with Gasteiger partial charge in [-0.15, -0.1) is 0 Å². The highest BCUT2D eigenvalue weighted by atomic mass is 32.2. The third-order valence-electron chi connectivity index (χ3n) is 2.00. The van der Waals surface area contributed by atoms with E-state index in [1.807, 2.05) is 13.8 Å². The average molecular weight is 224 g/mol. The molecule has 0 aliphatic heterocycles. The van der Waals surface area contributed by atoms with Crippen LogP contribution in [0.1, 0.15) is 26.7 Å². The lowest BCUT2D eigenvalue weighted by Crippen LogP contribution is -2.30. The van der Waals surface area contributed by atoms with E-state index in [0.29, 0.717) is 13.0 Å². The molecular formula is C9H20O4S. The lowest BCUT2D eigenvalue weighted by atomic mass is 10.1. The van der Waals surface area contributed by atoms with Crippen LogP contribution in [0.5, 0.6) is 0 Å². The van der Waals surface area contributed by atoms with Crippen LogP contribution in [-0.4, -0.2) is 44.3 Å². The number of sulfone groups is 1. The van der Waals surface area contributed by atoms with E-state index in [9.17, 15) is 13.5 Å². The molecule has 0 aromatic heterocycles. The minimum absolute atomic E-state index is 0.0116. The first-order valence-corrected chi connectivity index (χ1v) is 6.94. The van der Waals surface area contributed by atoms with E-state index in [1.165, 1.54) is 6.26 Å². The molecule has 2 unspecified atom stereocenters. The van der Waals surface area contributed by atoms with Crippen LogP contribution in [0.3, 0.4) is 0 Å². The van der Waals surface area contributed by atoms with Crippen molar-refractivity contribution in [2.24, 2.45) is 0 Å². The van der Waals surface area contributed by atoms with Gasteiger partial charge in [0.25, 0.3) is 0 Å². The van der Waals surface area contributed by atoms with E-state index >= 15 is 0 Å². The third-order valence-corrected chi connectivity index (χ3v) is 2.97. The number of hydrogen-bond acceptors (Lipinski definition) is 4. The van der Waals surface area contributed by atoms with Gasteiger partial charge in [-0.05, 0) is 19.8 Å². The highest BCUT2D eigenvalue weighted by Gasteiger charge is 2.18. The number of rotatable bonds is 7. The molecule has 0 fully saturated rings. The summed E-state index contributed by atoms with van der Waals surface area (Å²) in [6.45, 7) is 4.30. The van der Waals surface area contributed by atoms with Crippen LogP contribution < -0.4 is 0 Å². The molecule has 0 rings (SSSR count). The quantitative estimate of drug-likeness (QED) is 0.687. The fourth-order valence-electron chi connectivity index (χ4n) is 1.24. The molecule has 1 N–H and O–H groups in total. The molecule has 0 saturated carbocycles. The molecule has 0 spiro atoms. The Hall–Kier alpha value is -0.130. The summed E-state index contributed by atoms with van der Waals surface area (Å²) in [5.41, 5.74) is 0. The van der Waals surface area contributed by atoms with Crippen LogP contribution in [0.2, 0.25) is 0 Å². The van der Waals surface area contributed by atoms with Gasteiger partial charge >= 0.3 is 0 Å². The monoisotopic (exact) mass is 224 g/mol. The van der Waals surface area contributed by atoms with E-state index in [-0.39, 0.29) is 18.3 Å². The zero-order valence-electron chi connectivity index (χ0n) is 9.06. The van der Waals surface area contributed by atoms with Gasteiger partial charge < -0.3 is 9.84 Å². The van der Waals surface area contributed by atoms with Crippen molar-refractivity contribution in [1.29, 1.82) is 0 Å². The summed E-state index contributed by atoms with van der Waals surface area (Å²) < 4.78 is 27.0. The van der Waals surface area contributed by atoms with Crippen molar-refractivity contribution in [2.45, 2.75) is 38.9 Å². The Morgan fingerprint density at radius 2 is 1.93 bits per heavy atom. The zero-order valence-corrected chi connectivity index (χ0v) is 9.88. The third kappa shape index (κ3) is 6.34. The molecule has 0 radical (unpaired) electrons. The molecule has 0 aliphatic rings. The van der Waals surface area contributed by atoms with Gasteiger partial charge in [0.15, 0.2) is 0 Å². The van der Waals surface area contributed by atoms with Gasteiger partial charge in [-0.1, -0.05) is 6.92 Å². The lowest BCUT2D eigenvalue weighted by molar-refractivity contribution is -0.0348. The molecule has 14 heavy (non-hydrogen) atoms. The van der Waals surface area contributed by atoms with Crippen molar-refractivity contribution in [1.82, 2.24) is 0 Å². The molecule has 0 amide bonds. The van der Waals surface area contributed by atoms with Gasteiger partial charge in [-0.3, -0.25) is 0 Å². The summed E-state index contributed by atoms with van der Waals surface area (Å²) >= 11 is 0. The van der Waals surface area contributed by atoms with Crippen LogP contribution in [0.15, 0.2) is 0 Å². The van der Waals surface area contributed by atoms with Crippen molar-refractivity contribution in [2.75, 3.05) is 18.6 Å². The van der Waals surface area contributed by atoms with Crippen molar-refractivity contribution >= 4 is 9.84 Å². The standard InChI is InChI=1S/C9H20O4S/c1-4-9(13-5-2)8(10)6-7-14(3,11)12/h8-10H,4-7H2,1-3H3. The molecular weight excluding hydrogens is 204 g/mol. The van der Waals surface area contributed by atoms with E-state index in [4.69, 9.17) is 4.74 Å². The predicted octanol–water partition coefficient (Wildman–Crippen LogP) is 0.597. The van der Waals surface area contributed by atoms with Gasteiger partial charge in [0.1, 0.15) is 9.84 Å². The van der Waals surface area contributed by atoms with Gasteiger partial charge in [-0.2, -0.15) is 0 Å². The molecule has 5 heteroatoms. The summed E-state index contributed by atoms with van der Waals surface area (Å²) in [4.78, 5) is 0. The highest BCUT2D eigenvalue weighted by molar-refractivity contribution is 7.90. The molecule has 0 aromatic rings. The molecule has 0 saturated heterocycles. The molecule has 4 nitrogen and oxygen atoms in total. The van der Waals surface area contributed by atoms with Crippen LogP contribution in [-0.2, 0) is 14.6 Å². The summed E-state index contributed by atoms with van der Waals surface area (Å²) in [6.07, 6.45) is 1.17. The Morgan fingerprint density at radius 1 is 1.36 bits per heavy atom. The Labute approximate surface area is 86.2 Å². The minimum atomic E-state index is -2.99. The lowest BCUT2D eigenvalue weighted by Gasteiger charge is -2.20. The molecule has 86 valence electrons. The largest absolute Gasteiger partial charge is 0.390 e. The maximum Gasteiger partial charge on any atom is 0.147 e. The maximum atomic E-state index is 10.9. The van der Waals surface area contributed by atoms with Gasteiger partial charge in [0.05, 0.1) is 18.0 Å². The smallest absolute Gasteiger partial charge is 0.147 e. The summed E-state index contributed by atoms with van der Waals surface area (Å²) in [6, 6.07) is 0. The van der Waals surface area contributed by atoms with Crippen molar-refractivity contribution in [3.05, 3.63) is 0 Å². The molecule has 0 aromatic carbocycles. The second kappa shape index (κ2) is 6.37. The van der Waals surface area contributed by atoms with Gasteiger partial charge in [-0.25, -0.2) is 8.42 Å².